The second-order valence-corrected chi connectivity index (χ2v) is 3.42. The third-order valence-corrected chi connectivity index (χ3v) is 2.18. The standard InChI is InChI=1S/C8H7BrF3NO2/c1-14-4-2-5(9)7(13)6(3-4)15-8(10,11)12/h2-3H,13H2,1H3. The molecule has 0 fully saturated rings. The van der Waals surface area contributed by atoms with E-state index in [2.05, 4.69) is 20.7 Å². The lowest BCUT2D eigenvalue weighted by Crippen LogP contribution is -2.18. The lowest BCUT2D eigenvalue weighted by molar-refractivity contribution is -0.274. The van der Waals surface area contributed by atoms with Crippen LogP contribution >= 0.6 is 15.9 Å². The highest BCUT2D eigenvalue weighted by atomic mass is 79.9. The third-order valence-electron chi connectivity index (χ3n) is 1.53. The lowest BCUT2D eigenvalue weighted by atomic mass is 10.3. The van der Waals surface area contributed by atoms with Crippen LogP contribution in [-0.4, -0.2) is 13.5 Å². The third kappa shape index (κ3) is 3.19. The van der Waals surface area contributed by atoms with Gasteiger partial charge in [-0.05, 0) is 22.0 Å². The van der Waals surface area contributed by atoms with Crippen LogP contribution in [0.25, 0.3) is 0 Å². The van der Waals surface area contributed by atoms with Crippen molar-refractivity contribution in [2.75, 3.05) is 12.8 Å². The van der Waals surface area contributed by atoms with E-state index in [-0.39, 0.29) is 15.9 Å². The summed E-state index contributed by atoms with van der Waals surface area (Å²) in [6.07, 6.45) is -4.78. The Bertz CT molecular complexity index is 368. The number of ether oxygens (including phenoxy) is 2. The number of halogens is 4. The summed E-state index contributed by atoms with van der Waals surface area (Å²) < 4.78 is 44.6. The van der Waals surface area contributed by atoms with Crippen LogP contribution < -0.4 is 15.2 Å². The Hall–Kier alpha value is -1.11. The summed E-state index contributed by atoms with van der Waals surface area (Å²) in [4.78, 5) is 0. The molecule has 0 unspecified atom stereocenters. The molecule has 0 aliphatic rings. The van der Waals surface area contributed by atoms with Crippen molar-refractivity contribution in [2.45, 2.75) is 6.36 Å². The number of alkyl halides is 3. The molecule has 0 aromatic heterocycles. The molecule has 2 N–H and O–H groups in total. The van der Waals surface area contributed by atoms with E-state index in [1.165, 1.54) is 13.2 Å². The first kappa shape index (κ1) is 12.0. The second kappa shape index (κ2) is 4.18. The van der Waals surface area contributed by atoms with Crippen LogP contribution in [0.3, 0.4) is 0 Å². The first-order valence-corrected chi connectivity index (χ1v) is 4.51. The summed E-state index contributed by atoms with van der Waals surface area (Å²) in [5.74, 6) is -0.274. The molecule has 0 atom stereocenters. The van der Waals surface area contributed by atoms with E-state index in [0.29, 0.717) is 0 Å². The smallest absolute Gasteiger partial charge is 0.497 e. The van der Waals surface area contributed by atoms with Crippen LogP contribution in [0.5, 0.6) is 11.5 Å². The summed E-state index contributed by atoms with van der Waals surface area (Å²) in [7, 11) is 1.33. The molecule has 0 heterocycles. The molecule has 7 heteroatoms. The van der Waals surface area contributed by atoms with E-state index in [1.54, 1.807) is 0 Å². The van der Waals surface area contributed by atoms with Gasteiger partial charge in [0.05, 0.1) is 12.8 Å². The maximum Gasteiger partial charge on any atom is 0.573 e. The van der Waals surface area contributed by atoms with Crippen LogP contribution in [0, 0.1) is 0 Å². The molecule has 0 saturated heterocycles. The summed E-state index contributed by atoms with van der Waals surface area (Å²) in [6.45, 7) is 0. The van der Waals surface area contributed by atoms with Crippen molar-refractivity contribution in [3.8, 4) is 11.5 Å². The van der Waals surface area contributed by atoms with Crippen LogP contribution in [-0.2, 0) is 0 Å². The number of hydrogen-bond acceptors (Lipinski definition) is 3. The van der Waals surface area contributed by atoms with Crippen molar-refractivity contribution in [3.05, 3.63) is 16.6 Å². The van der Waals surface area contributed by atoms with E-state index in [4.69, 9.17) is 10.5 Å². The number of nitrogen functional groups attached to an aromatic ring is 1. The number of benzene rings is 1. The number of hydrogen-bond donors (Lipinski definition) is 1. The summed E-state index contributed by atoms with van der Waals surface area (Å²) >= 11 is 2.99. The molecule has 0 spiro atoms. The second-order valence-electron chi connectivity index (χ2n) is 2.57. The average Bonchev–Trinajstić information content (AvgIpc) is 2.10. The van der Waals surface area contributed by atoms with Crippen molar-refractivity contribution < 1.29 is 22.6 Å². The Morgan fingerprint density at radius 1 is 1.33 bits per heavy atom. The fourth-order valence-corrected chi connectivity index (χ4v) is 1.32. The van der Waals surface area contributed by atoms with E-state index in [1.807, 2.05) is 0 Å². The Labute approximate surface area is 92.1 Å². The minimum absolute atomic E-state index is 0.131. The zero-order chi connectivity index (χ0) is 11.6. The first-order valence-electron chi connectivity index (χ1n) is 3.72. The number of anilines is 1. The summed E-state index contributed by atoms with van der Waals surface area (Å²) in [5.41, 5.74) is 5.25. The molecule has 1 aromatic carbocycles. The highest BCUT2D eigenvalue weighted by Crippen LogP contribution is 2.37. The van der Waals surface area contributed by atoms with Crippen molar-refractivity contribution in [1.82, 2.24) is 0 Å². The molecular formula is C8H7BrF3NO2. The highest BCUT2D eigenvalue weighted by molar-refractivity contribution is 9.10. The van der Waals surface area contributed by atoms with Gasteiger partial charge in [0, 0.05) is 10.5 Å². The van der Waals surface area contributed by atoms with Gasteiger partial charge in [0.1, 0.15) is 5.75 Å². The number of methoxy groups -OCH3 is 1. The highest BCUT2D eigenvalue weighted by Gasteiger charge is 2.32. The normalized spacial score (nSPS) is 11.3. The van der Waals surface area contributed by atoms with Crippen molar-refractivity contribution >= 4 is 21.6 Å². The van der Waals surface area contributed by atoms with Gasteiger partial charge in [0.2, 0.25) is 0 Å². The number of rotatable bonds is 2. The van der Waals surface area contributed by atoms with Gasteiger partial charge in [0.15, 0.2) is 5.75 Å². The predicted molar refractivity (Wildman–Crippen MR) is 51.8 cm³/mol. The Morgan fingerprint density at radius 3 is 2.40 bits per heavy atom. The summed E-state index contributed by atoms with van der Waals surface area (Å²) in [6, 6.07) is 2.51. The fraction of sp³-hybridized carbons (Fsp3) is 0.250. The fourth-order valence-electron chi connectivity index (χ4n) is 0.896. The van der Waals surface area contributed by atoms with Gasteiger partial charge in [0.25, 0.3) is 0 Å². The maximum atomic E-state index is 12.0. The minimum atomic E-state index is -4.78. The van der Waals surface area contributed by atoms with Gasteiger partial charge >= 0.3 is 6.36 Å². The Balaban J connectivity index is 3.11. The quantitative estimate of drug-likeness (QED) is 0.850. The van der Waals surface area contributed by atoms with E-state index >= 15 is 0 Å². The molecule has 1 aromatic rings. The van der Waals surface area contributed by atoms with Gasteiger partial charge in [-0.3, -0.25) is 0 Å². The minimum Gasteiger partial charge on any atom is -0.497 e. The molecular weight excluding hydrogens is 279 g/mol. The van der Waals surface area contributed by atoms with Crippen LogP contribution in [0.15, 0.2) is 16.6 Å². The largest absolute Gasteiger partial charge is 0.573 e. The molecule has 0 aliphatic carbocycles. The SMILES string of the molecule is COc1cc(Br)c(N)c(OC(F)(F)F)c1. The van der Waals surface area contributed by atoms with Crippen molar-refractivity contribution in [2.24, 2.45) is 0 Å². The zero-order valence-electron chi connectivity index (χ0n) is 7.56. The predicted octanol–water partition coefficient (Wildman–Crippen LogP) is 2.94. The average molecular weight is 286 g/mol. The maximum absolute atomic E-state index is 12.0. The topological polar surface area (TPSA) is 44.5 Å². The summed E-state index contributed by atoms with van der Waals surface area (Å²) in [5, 5.41) is 0. The van der Waals surface area contributed by atoms with Gasteiger partial charge in [-0.25, -0.2) is 0 Å². The molecule has 3 nitrogen and oxygen atoms in total. The molecule has 15 heavy (non-hydrogen) atoms. The van der Waals surface area contributed by atoms with Crippen molar-refractivity contribution in [3.63, 3.8) is 0 Å². The Kier molecular flexibility index (Phi) is 3.33. The van der Waals surface area contributed by atoms with E-state index in [9.17, 15) is 13.2 Å². The van der Waals surface area contributed by atoms with Gasteiger partial charge < -0.3 is 15.2 Å². The Morgan fingerprint density at radius 2 is 1.93 bits per heavy atom. The molecule has 0 saturated carbocycles. The van der Waals surface area contributed by atoms with Gasteiger partial charge in [-0.2, -0.15) is 0 Å². The van der Waals surface area contributed by atoms with E-state index < -0.39 is 12.1 Å². The van der Waals surface area contributed by atoms with Crippen LogP contribution in [0.2, 0.25) is 0 Å². The zero-order valence-corrected chi connectivity index (χ0v) is 9.15. The number of nitrogens with two attached hydrogens (primary N) is 1. The molecule has 0 radical (unpaired) electrons. The first-order chi connectivity index (χ1) is 6.83. The monoisotopic (exact) mass is 285 g/mol. The lowest BCUT2D eigenvalue weighted by Gasteiger charge is -2.13. The van der Waals surface area contributed by atoms with E-state index in [0.717, 1.165) is 6.07 Å². The van der Waals surface area contributed by atoms with Crippen molar-refractivity contribution in [1.29, 1.82) is 0 Å². The van der Waals surface area contributed by atoms with Gasteiger partial charge in [-0.1, -0.05) is 0 Å². The van der Waals surface area contributed by atoms with Gasteiger partial charge in [-0.15, -0.1) is 13.2 Å². The van der Waals surface area contributed by atoms with Crippen LogP contribution in [0.1, 0.15) is 0 Å². The molecule has 0 aliphatic heterocycles. The van der Waals surface area contributed by atoms with Crippen LogP contribution in [0.4, 0.5) is 18.9 Å². The molecule has 84 valence electrons. The molecule has 0 bridgehead atoms. The molecule has 1 rings (SSSR count). The molecule has 0 amide bonds.